The fourth-order valence-corrected chi connectivity index (χ4v) is 2.28. The molecule has 1 heterocycles. The quantitative estimate of drug-likeness (QED) is 0.445. The number of hydrogen-bond acceptors (Lipinski definition) is 6. The maximum absolute atomic E-state index is 10.9. The lowest BCUT2D eigenvalue weighted by atomic mass is 10.2. The molecule has 0 aliphatic carbocycles. The van der Waals surface area contributed by atoms with E-state index in [1.807, 2.05) is 30.3 Å². The number of phenols is 1. The van der Waals surface area contributed by atoms with Gasteiger partial charge in [0, 0.05) is 22.2 Å². The van der Waals surface area contributed by atoms with Crippen LogP contribution in [0.25, 0.3) is 11.4 Å². The van der Waals surface area contributed by atoms with E-state index in [0.29, 0.717) is 5.82 Å². The number of rotatable bonds is 4. The van der Waals surface area contributed by atoms with Gasteiger partial charge in [-0.25, -0.2) is 0 Å². The molecule has 3 aromatic rings. The van der Waals surface area contributed by atoms with Gasteiger partial charge >= 0.3 is 5.69 Å². The average Bonchev–Trinajstić information content (AvgIpc) is 3.04. The third-order valence-electron chi connectivity index (χ3n) is 3.16. The molecule has 0 radical (unpaired) electrons. The number of halogens is 1. The Labute approximate surface area is 140 Å². The van der Waals surface area contributed by atoms with Gasteiger partial charge in [0.1, 0.15) is 6.33 Å². The number of nitro benzene ring substituents is 1. The first-order chi connectivity index (χ1) is 11.6. The van der Waals surface area contributed by atoms with Gasteiger partial charge in [-0.2, -0.15) is 9.78 Å². The SMILES string of the molecule is O=[N+]([O-])c1cc(Cl)cc(/C=N\n2cnnc2-c2ccccc2)c1O. The van der Waals surface area contributed by atoms with Gasteiger partial charge in [-0.15, -0.1) is 10.2 Å². The van der Waals surface area contributed by atoms with E-state index < -0.39 is 16.4 Å². The van der Waals surface area contributed by atoms with Gasteiger partial charge in [0.15, 0.2) is 5.82 Å². The van der Waals surface area contributed by atoms with Gasteiger partial charge in [-0.3, -0.25) is 10.1 Å². The second kappa shape index (κ2) is 6.47. The summed E-state index contributed by atoms with van der Waals surface area (Å²) < 4.78 is 1.39. The summed E-state index contributed by atoms with van der Waals surface area (Å²) in [7, 11) is 0. The molecule has 0 aliphatic rings. The highest BCUT2D eigenvalue weighted by molar-refractivity contribution is 6.31. The highest BCUT2D eigenvalue weighted by Gasteiger charge is 2.18. The molecule has 9 heteroatoms. The minimum absolute atomic E-state index is 0.113. The Hall–Kier alpha value is -3.26. The maximum Gasteiger partial charge on any atom is 0.312 e. The van der Waals surface area contributed by atoms with Crippen LogP contribution in [-0.4, -0.2) is 31.1 Å². The van der Waals surface area contributed by atoms with E-state index in [9.17, 15) is 15.2 Å². The zero-order chi connectivity index (χ0) is 17.1. The molecular weight excluding hydrogens is 334 g/mol. The van der Waals surface area contributed by atoms with Crippen molar-refractivity contribution in [2.75, 3.05) is 0 Å². The first-order valence-electron chi connectivity index (χ1n) is 6.73. The summed E-state index contributed by atoms with van der Waals surface area (Å²) >= 11 is 5.85. The molecule has 0 aliphatic heterocycles. The van der Waals surface area contributed by atoms with Crippen LogP contribution in [0.3, 0.4) is 0 Å². The molecule has 0 saturated heterocycles. The number of benzene rings is 2. The normalized spacial score (nSPS) is 11.0. The van der Waals surface area contributed by atoms with Crippen LogP contribution >= 0.6 is 11.6 Å². The van der Waals surface area contributed by atoms with Crippen molar-refractivity contribution in [1.29, 1.82) is 0 Å². The van der Waals surface area contributed by atoms with Gasteiger partial charge in [0.05, 0.1) is 11.1 Å². The third kappa shape index (κ3) is 3.08. The molecule has 0 atom stereocenters. The Morgan fingerprint density at radius 2 is 2.04 bits per heavy atom. The maximum atomic E-state index is 10.9. The first-order valence-corrected chi connectivity index (χ1v) is 7.11. The van der Waals surface area contributed by atoms with Crippen LogP contribution in [0, 0.1) is 10.1 Å². The average molecular weight is 344 g/mol. The molecule has 120 valence electrons. The Balaban J connectivity index is 1.99. The topological polar surface area (TPSA) is 106 Å². The Morgan fingerprint density at radius 1 is 1.29 bits per heavy atom. The van der Waals surface area contributed by atoms with E-state index in [0.717, 1.165) is 11.6 Å². The molecule has 0 unspecified atom stereocenters. The lowest BCUT2D eigenvalue weighted by molar-refractivity contribution is -0.385. The predicted molar refractivity (Wildman–Crippen MR) is 88.2 cm³/mol. The highest BCUT2D eigenvalue weighted by Crippen LogP contribution is 2.32. The van der Waals surface area contributed by atoms with Gasteiger partial charge < -0.3 is 5.11 Å². The molecule has 0 fully saturated rings. The summed E-state index contributed by atoms with van der Waals surface area (Å²) in [5, 5.41) is 32.9. The standard InChI is InChI=1S/C15H10ClN5O3/c16-12-6-11(14(22)13(7-12)21(23)24)8-18-20-9-17-19-15(20)10-4-2-1-3-5-10/h1-9,22H/b18-8-. The highest BCUT2D eigenvalue weighted by atomic mass is 35.5. The van der Waals surface area contributed by atoms with Crippen LogP contribution in [0.5, 0.6) is 5.75 Å². The number of phenolic OH excluding ortho intramolecular Hbond substituents is 1. The fourth-order valence-electron chi connectivity index (χ4n) is 2.06. The van der Waals surface area contributed by atoms with Crippen molar-refractivity contribution in [1.82, 2.24) is 14.9 Å². The minimum atomic E-state index is -0.716. The van der Waals surface area contributed by atoms with Crippen LogP contribution < -0.4 is 0 Å². The van der Waals surface area contributed by atoms with E-state index in [-0.39, 0.29) is 10.6 Å². The molecule has 0 amide bonds. The molecule has 8 nitrogen and oxygen atoms in total. The van der Waals surface area contributed by atoms with Crippen molar-refractivity contribution in [2.45, 2.75) is 0 Å². The lowest BCUT2D eigenvalue weighted by Crippen LogP contribution is -1.96. The largest absolute Gasteiger partial charge is 0.502 e. The number of aromatic nitrogens is 3. The Kier molecular flexibility index (Phi) is 4.21. The molecule has 24 heavy (non-hydrogen) atoms. The first kappa shape index (κ1) is 15.6. The summed E-state index contributed by atoms with van der Waals surface area (Å²) in [6, 6.07) is 11.7. The van der Waals surface area contributed by atoms with Crippen molar-refractivity contribution in [3.8, 4) is 17.1 Å². The van der Waals surface area contributed by atoms with Crippen molar-refractivity contribution >= 4 is 23.5 Å². The molecule has 2 aromatic carbocycles. The summed E-state index contributed by atoms with van der Waals surface area (Å²) in [4.78, 5) is 10.2. The summed E-state index contributed by atoms with van der Waals surface area (Å²) in [6.07, 6.45) is 2.64. The molecule has 0 spiro atoms. The smallest absolute Gasteiger partial charge is 0.312 e. The van der Waals surface area contributed by atoms with E-state index >= 15 is 0 Å². The molecular formula is C15H10ClN5O3. The summed E-state index contributed by atoms with van der Waals surface area (Å²) in [5.74, 6) is -0.0228. The van der Waals surface area contributed by atoms with Gasteiger partial charge in [-0.05, 0) is 6.07 Å². The molecule has 1 aromatic heterocycles. The summed E-state index contributed by atoms with van der Waals surface area (Å²) in [5.41, 5.74) is 0.423. The molecule has 0 saturated carbocycles. The van der Waals surface area contributed by atoms with E-state index in [1.54, 1.807) is 0 Å². The predicted octanol–water partition coefficient (Wildman–Crippen LogP) is 3.09. The number of nitrogens with zero attached hydrogens (tertiary/aromatic N) is 5. The van der Waals surface area contributed by atoms with Crippen LogP contribution in [0.2, 0.25) is 5.02 Å². The van der Waals surface area contributed by atoms with Crippen LogP contribution in [0.4, 0.5) is 5.69 Å². The second-order valence-corrected chi connectivity index (χ2v) is 5.17. The lowest BCUT2D eigenvalue weighted by Gasteiger charge is -2.03. The number of aromatic hydroxyl groups is 1. The third-order valence-corrected chi connectivity index (χ3v) is 3.38. The second-order valence-electron chi connectivity index (χ2n) is 4.73. The Morgan fingerprint density at radius 3 is 2.75 bits per heavy atom. The molecule has 3 rings (SSSR count). The van der Waals surface area contributed by atoms with E-state index in [1.165, 1.54) is 23.3 Å². The summed E-state index contributed by atoms with van der Waals surface area (Å²) in [6.45, 7) is 0. The van der Waals surface area contributed by atoms with Crippen molar-refractivity contribution in [2.24, 2.45) is 5.10 Å². The van der Waals surface area contributed by atoms with Crippen LogP contribution in [0.15, 0.2) is 53.9 Å². The molecule has 0 bridgehead atoms. The fraction of sp³-hybridized carbons (Fsp3) is 0. The van der Waals surface area contributed by atoms with E-state index in [4.69, 9.17) is 11.6 Å². The number of nitro groups is 1. The van der Waals surface area contributed by atoms with Crippen molar-refractivity contribution < 1.29 is 10.0 Å². The van der Waals surface area contributed by atoms with E-state index in [2.05, 4.69) is 15.3 Å². The monoisotopic (exact) mass is 343 g/mol. The zero-order valence-electron chi connectivity index (χ0n) is 12.1. The zero-order valence-corrected chi connectivity index (χ0v) is 12.8. The van der Waals surface area contributed by atoms with Crippen LogP contribution in [-0.2, 0) is 0 Å². The van der Waals surface area contributed by atoms with Crippen LogP contribution in [0.1, 0.15) is 5.56 Å². The van der Waals surface area contributed by atoms with Gasteiger partial charge in [-0.1, -0.05) is 41.9 Å². The molecule has 1 N–H and O–H groups in total. The Bertz CT molecular complexity index is 924. The van der Waals surface area contributed by atoms with Crippen molar-refractivity contribution in [3.63, 3.8) is 0 Å². The van der Waals surface area contributed by atoms with Crippen molar-refractivity contribution in [3.05, 3.63) is 69.5 Å². The van der Waals surface area contributed by atoms with Gasteiger partial charge in [0.25, 0.3) is 0 Å². The van der Waals surface area contributed by atoms with Gasteiger partial charge in [0.2, 0.25) is 5.75 Å². The number of hydrogen-bond donors (Lipinski definition) is 1. The minimum Gasteiger partial charge on any atom is -0.502 e.